The van der Waals surface area contributed by atoms with Crippen molar-refractivity contribution in [3.63, 3.8) is 0 Å². The zero-order valence-electron chi connectivity index (χ0n) is 14.9. The van der Waals surface area contributed by atoms with E-state index in [9.17, 15) is 9.18 Å². The highest BCUT2D eigenvalue weighted by Crippen LogP contribution is 2.21. The van der Waals surface area contributed by atoms with E-state index in [4.69, 9.17) is 4.74 Å². The Morgan fingerprint density at radius 1 is 1.27 bits per heavy atom. The molecule has 1 aliphatic rings. The van der Waals surface area contributed by atoms with Gasteiger partial charge in [-0.15, -0.1) is 11.8 Å². The number of thioether (sulfide) groups is 1. The molecule has 1 fully saturated rings. The van der Waals surface area contributed by atoms with Crippen LogP contribution in [0.4, 0.5) is 4.39 Å². The summed E-state index contributed by atoms with van der Waals surface area (Å²) in [6.07, 6.45) is 3.62. The Morgan fingerprint density at radius 2 is 2.04 bits per heavy atom. The van der Waals surface area contributed by atoms with Gasteiger partial charge in [-0.2, -0.15) is 0 Å². The summed E-state index contributed by atoms with van der Waals surface area (Å²) in [4.78, 5) is 21.1. The van der Waals surface area contributed by atoms with Gasteiger partial charge >= 0.3 is 0 Å². The zero-order chi connectivity index (χ0) is 18.5. The van der Waals surface area contributed by atoms with Crippen LogP contribution < -0.4 is 4.74 Å². The number of aromatic nitrogens is 1. The van der Waals surface area contributed by atoms with Crippen molar-refractivity contribution in [2.75, 3.05) is 39.5 Å². The van der Waals surface area contributed by atoms with Crippen molar-refractivity contribution < 1.29 is 13.9 Å². The molecule has 2 aromatic rings. The minimum Gasteiger partial charge on any atom is -0.494 e. The second-order valence-electron chi connectivity index (χ2n) is 6.10. The molecule has 26 heavy (non-hydrogen) atoms. The molecule has 3 rings (SSSR count). The molecule has 1 saturated heterocycles. The number of halogens is 1. The SMILES string of the molecule is COc1ccc(CN2CCN(C(=O)c3cccnc3SC)CC2)cc1F. The van der Waals surface area contributed by atoms with Gasteiger partial charge in [-0.3, -0.25) is 9.69 Å². The lowest BCUT2D eigenvalue weighted by Gasteiger charge is -2.35. The van der Waals surface area contributed by atoms with Crippen LogP contribution in [0.1, 0.15) is 15.9 Å². The van der Waals surface area contributed by atoms with Crippen LogP contribution in [0, 0.1) is 5.82 Å². The molecule has 0 radical (unpaired) electrons. The Morgan fingerprint density at radius 3 is 2.69 bits per heavy atom. The van der Waals surface area contributed by atoms with Crippen LogP contribution in [-0.4, -0.2) is 60.2 Å². The fraction of sp³-hybridized carbons (Fsp3) is 0.368. The molecule has 1 aliphatic heterocycles. The van der Waals surface area contributed by atoms with Crippen molar-refractivity contribution in [3.8, 4) is 5.75 Å². The molecule has 1 aromatic carbocycles. The fourth-order valence-electron chi connectivity index (χ4n) is 3.06. The standard InChI is InChI=1S/C19H22FN3O2S/c1-25-17-6-5-14(12-16(17)20)13-22-8-10-23(11-9-22)19(24)15-4-3-7-21-18(15)26-2/h3-7,12H,8-11,13H2,1-2H3. The molecule has 1 amide bonds. The van der Waals surface area contributed by atoms with E-state index in [1.807, 2.05) is 23.3 Å². The highest BCUT2D eigenvalue weighted by Gasteiger charge is 2.24. The number of carbonyl (C=O) groups is 1. The molecule has 2 heterocycles. The van der Waals surface area contributed by atoms with E-state index < -0.39 is 0 Å². The maximum atomic E-state index is 13.8. The first kappa shape index (κ1) is 18.7. The van der Waals surface area contributed by atoms with Crippen molar-refractivity contribution in [2.24, 2.45) is 0 Å². The van der Waals surface area contributed by atoms with Gasteiger partial charge in [-0.25, -0.2) is 9.37 Å². The molecule has 0 bridgehead atoms. The van der Waals surface area contributed by atoms with E-state index in [1.165, 1.54) is 24.9 Å². The van der Waals surface area contributed by atoms with E-state index in [0.717, 1.165) is 23.7 Å². The topological polar surface area (TPSA) is 45.7 Å². The van der Waals surface area contributed by atoms with Crippen LogP contribution in [0.25, 0.3) is 0 Å². The normalized spacial score (nSPS) is 15.1. The first-order chi connectivity index (χ1) is 12.6. The molecule has 5 nitrogen and oxygen atoms in total. The number of nitrogens with zero attached hydrogens (tertiary/aromatic N) is 3. The molecule has 0 saturated carbocycles. The van der Waals surface area contributed by atoms with Crippen molar-refractivity contribution in [1.29, 1.82) is 0 Å². The molecular formula is C19H22FN3O2S. The quantitative estimate of drug-likeness (QED) is 0.752. The predicted molar refractivity (Wildman–Crippen MR) is 100 cm³/mol. The molecule has 0 N–H and O–H groups in total. The summed E-state index contributed by atoms with van der Waals surface area (Å²) in [7, 11) is 1.46. The lowest BCUT2D eigenvalue weighted by atomic mass is 10.1. The lowest BCUT2D eigenvalue weighted by molar-refractivity contribution is 0.0624. The third-order valence-electron chi connectivity index (χ3n) is 4.48. The molecule has 138 valence electrons. The minimum atomic E-state index is -0.347. The van der Waals surface area contributed by atoms with Crippen LogP contribution in [0.2, 0.25) is 0 Å². The zero-order valence-corrected chi connectivity index (χ0v) is 15.8. The number of piperazine rings is 1. The first-order valence-electron chi connectivity index (χ1n) is 8.45. The minimum absolute atomic E-state index is 0.0255. The number of pyridine rings is 1. The summed E-state index contributed by atoms with van der Waals surface area (Å²) in [6, 6.07) is 8.66. The summed E-state index contributed by atoms with van der Waals surface area (Å²) in [5, 5.41) is 0.758. The molecule has 0 unspecified atom stereocenters. The van der Waals surface area contributed by atoms with E-state index >= 15 is 0 Å². The van der Waals surface area contributed by atoms with Crippen LogP contribution >= 0.6 is 11.8 Å². The largest absolute Gasteiger partial charge is 0.494 e. The van der Waals surface area contributed by atoms with Gasteiger partial charge in [0, 0.05) is 38.9 Å². The summed E-state index contributed by atoms with van der Waals surface area (Å²) in [6.45, 7) is 3.48. The van der Waals surface area contributed by atoms with Crippen LogP contribution in [0.3, 0.4) is 0 Å². The molecule has 0 aliphatic carbocycles. The van der Waals surface area contributed by atoms with E-state index in [2.05, 4.69) is 9.88 Å². The molecule has 7 heteroatoms. The number of amides is 1. The number of methoxy groups -OCH3 is 1. The lowest BCUT2D eigenvalue weighted by Crippen LogP contribution is -2.48. The molecule has 0 spiro atoms. The summed E-state index contributed by atoms with van der Waals surface area (Å²) in [5.74, 6) is -0.0668. The summed E-state index contributed by atoms with van der Waals surface area (Å²) < 4.78 is 18.8. The van der Waals surface area contributed by atoms with Gasteiger partial charge in [-0.1, -0.05) is 6.07 Å². The molecule has 0 atom stereocenters. The Balaban J connectivity index is 1.59. The smallest absolute Gasteiger partial charge is 0.256 e. The summed E-state index contributed by atoms with van der Waals surface area (Å²) >= 11 is 1.48. The van der Waals surface area contributed by atoms with Gasteiger partial charge in [0.05, 0.1) is 12.7 Å². The average Bonchev–Trinajstić information content (AvgIpc) is 2.68. The first-order valence-corrected chi connectivity index (χ1v) is 9.68. The summed E-state index contributed by atoms with van der Waals surface area (Å²) in [5.41, 5.74) is 1.56. The monoisotopic (exact) mass is 375 g/mol. The predicted octanol–water partition coefficient (Wildman–Crippen LogP) is 2.91. The maximum absolute atomic E-state index is 13.8. The highest BCUT2D eigenvalue weighted by atomic mass is 32.2. The Hall–Kier alpha value is -2.12. The Kier molecular flexibility index (Phi) is 6.11. The highest BCUT2D eigenvalue weighted by molar-refractivity contribution is 7.98. The maximum Gasteiger partial charge on any atom is 0.256 e. The number of hydrogen-bond acceptors (Lipinski definition) is 5. The number of rotatable bonds is 5. The third-order valence-corrected chi connectivity index (χ3v) is 5.19. The van der Waals surface area contributed by atoms with Crippen molar-refractivity contribution >= 4 is 17.7 Å². The van der Waals surface area contributed by atoms with Crippen molar-refractivity contribution in [1.82, 2.24) is 14.8 Å². The van der Waals surface area contributed by atoms with E-state index in [1.54, 1.807) is 18.3 Å². The Labute approximate surface area is 157 Å². The van der Waals surface area contributed by atoms with E-state index in [0.29, 0.717) is 25.2 Å². The van der Waals surface area contributed by atoms with Gasteiger partial charge in [0.1, 0.15) is 5.03 Å². The molecule has 1 aromatic heterocycles. The van der Waals surface area contributed by atoms with Crippen LogP contribution in [0.15, 0.2) is 41.6 Å². The van der Waals surface area contributed by atoms with E-state index in [-0.39, 0.29) is 17.5 Å². The Bertz CT molecular complexity index is 779. The van der Waals surface area contributed by atoms with Gasteiger partial charge in [0.2, 0.25) is 0 Å². The van der Waals surface area contributed by atoms with Crippen LogP contribution in [-0.2, 0) is 6.54 Å². The number of carbonyl (C=O) groups excluding carboxylic acids is 1. The second kappa shape index (κ2) is 8.51. The van der Waals surface area contributed by atoms with Crippen molar-refractivity contribution in [2.45, 2.75) is 11.6 Å². The van der Waals surface area contributed by atoms with Crippen LogP contribution in [0.5, 0.6) is 5.75 Å². The van der Waals surface area contributed by atoms with Gasteiger partial charge < -0.3 is 9.64 Å². The number of hydrogen-bond donors (Lipinski definition) is 0. The van der Waals surface area contributed by atoms with Gasteiger partial charge in [-0.05, 0) is 36.1 Å². The average molecular weight is 375 g/mol. The number of ether oxygens (including phenoxy) is 1. The van der Waals surface area contributed by atoms with Gasteiger partial charge in [0.15, 0.2) is 11.6 Å². The van der Waals surface area contributed by atoms with Crippen molar-refractivity contribution in [3.05, 3.63) is 53.5 Å². The third kappa shape index (κ3) is 4.16. The molecular weight excluding hydrogens is 353 g/mol. The second-order valence-corrected chi connectivity index (χ2v) is 6.89. The van der Waals surface area contributed by atoms with Gasteiger partial charge in [0.25, 0.3) is 5.91 Å². The fourth-order valence-corrected chi connectivity index (χ4v) is 3.60. The number of benzene rings is 1.